The van der Waals surface area contributed by atoms with Crippen LogP contribution in [0.4, 0.5) is 0 Å². The minimum Gasteiger partial charge on any atom is -0.343 e. The molecule has 2 amide bonds. The molecule has 1 aliphatic heterocycles. The van der Waals surface area contributed by atoms with Crippen LogP contribution in [0.15, 0.2) is 30.5 Å². The lowest BCUT2D eigenvalue weighted by Crippen LogP contribution is -2.57. The number of aryl methyl sites for hydroxylation is 2. The molecule has 2 aromatic rings. The van der Waals surface area contributed by atoms with E-state index in [1.165, 1.54) is 16.3 Å². The second-order valence-electron chi connectivity index (χ2n) is 12.1. The highest BCUT2D eigenvalue weighted by Gasteiger charge is 2.27. The van der Waals surface area contributed by atoms with Gasteiger partial charge in [-0.15, -0.1) is 0 Å². The number of pyridine rings is 1. The van der Waals surface area contributed by atoms with Crippen LogP contribution in [0, 0.1) is 11.3 Å². The Labute approximate surface area is 282 Å². The molecule has 0 aliphatic carbocycles. The van der Waals surface area contributed by atoms with Crippen molar-refractivity contribution in [3.63, 3.8) is 0 Å². The fourth-order valence-corrected chi connectivity index (χ4v) is 4.56. The van der Waals surface area contributed by atoms with Crippen LogP contribution >= 0.6 is 34.8 Å². The number of benzene rings is 1. The number of nitrogens with one attached hydrogen (secondary N) is 3. The molecule has 2 atom stereocenters. The van der Waals surface area contributed by atoms with Crippen LogP contribution < -0.4 is 16.1 Å². The number of halogens is 3. The van der Waals surface area contributed by atoms with Crippen molar-refractivity contribution in [3.8, 4) is 0 Å². The van der Waals surface area contributed by atoms with E-state index in [9.17, 15) is 14.4 Å². The lowest BCUT2D eigenvalue weighted by atomic mass is 9.89. The monoisotopic (exact) mass is 689 g/mol. The van der Waals surface area contributed by atoms with Gasteiger partial charge in [0, 0.05) is 35.8 Å². The number of nitrogens with zero attached hydrogens (tertiary/aromatic N) is 2. The van der Waals surface area contributed by atoms with E-state index in [2.05, 4.69) is 57.1 Å². The number of hydrazine groups is 1. The van der Waals surface area contributed by atoms with Crippen LogP contribution in [0.3, 0.4) is 0 Å². The average Bonchev–Trinajstić information content (AvgIpc) is 3.00. The summed E-state index contributed by atoms with van der Waals surface area (Å²) in [5.74, 6) is -0.0255. The highest BCUT2D eigenvalue weighted by atomic mass is 35.6. The number of aromatic nitrogens is 1. The molecule has 1 aromatic carbocycles. The Morgan fingerprint density at radius 3 is 2.33 bits per heavy atom. The van der Waals surface area contributed by atoms with Crippen molar-refractivity contribution >= 4 is 63.7 Å². The van der Waals surface area contributed by atoms with Crippen molar-refractivity contribution in [2.45, 2.75) is 89.5 Å². The number of alkyl halides is 3. The Morgan fingerprint density at radius 1 is 1.16 bits per heavy atom. The highest BCUT2D eigenvalue weighted by molar-refractivity contribution is 6.67. The van der Waals surface area contributed by atoms with Gasteiger partial charge in [-0.1, -0.05) is 87.6 Å². The van der Waals surface area contributed by atoms with Crippen LogP contribution in [0.2, 0.25) is 0 Å². The van der Waals surface area contributed by atoms with Gasteiger partial charge in [0.25, 0.3) is 5.91 Å². The quantitative estimate of drug-likeness (QED) is 0.103. The Bertz CT molecular complexity index is 1200. The Balaban J connectivity index is 0.000000373. The molecule has 3 rings (SSSR count). The van der Waals surface area contributed by atoms with E-state index in [1.54, 1.807) is 19.0 Å². The third-order valence-electron chi connectivity index (χ3n) is 7.19. The predicted octanol–water partition coefficient (Wildman–Crippen LogP) is 5.66. The molecule has 10 nitrogen and oxygen atoms in total. The van der Waals surface area contributed by atoms with E-state index >= 15 is 0 Å². The molecule has 2 unspecified atom stereocenters. The molecule has 1 aromatic heterocycles. The van der Waals surface area contributed by atoms with Gasteiger partial charge >= 0.3 is 0 Å². The van der Waals surface area contributed by atoms with Crippen molar-refractivity contribution in [2.24, 2.45) is 11.3 Å². The third-order valence-corrected chi connectivity index (χ3v) is 7.52. The smallest absolute Gasteiger partial charge is 0.258 e. The van der Waals surface area contributed by atoms with Gasteiger partial charge in [0.1, 0.15) is 18.9 Å². The average molecular weight is 691 g/mol. The van der Waals surface area contributed by atoms with E-state index in [1.807, 2.05) is 33.9 Å². The van der Waals surface area contributed by atoms with Crippen LogP contribution in [0.25, 0.3) is 10.8 Å². The number of rotatable bonds is 11. The van der Waals surface area contributed by atoms with Gasteiger partial charge in [0.05, 0.1) is 6.04 Å². The number of hydrogen-bond acceptors (Lipinski definition) is 8. The van der Waals surface area contributed by atoms with Gasteiger partial charge in [-0.05, 0) is 69.0 Å². The van der Waals surface area contributed by atoms with E-state index in [0.717, 1.165) is 50.6 Å². The number of aldehydes is 1. The number of likely N-dealkylation sites (N-methyl/N-ethyl adjacent to an activating group) is 1. The molecular formula is C32H50Cl3N5O5. The fraction of sp³-hybridized carbons (Fsp3) is 0.625. The van der Waals surface area contributed by atoms with Crippen molar-refractivity contribution in [1.82, 2.24) is 26.1 Å². The lowest BCUT2D eigenvalue weighted by Gasteiger charge is -2.30. The highest BCUT2D eigenvalue weighted by Crippen LogP contribution is 2.25. The van der Waals surface area contributed by atoms with Crippen LogP contribution in [0.5, 0.6) is 0 Å². The molecule has 1 aliphatic rings. The zero-order valence-corrected chi connectivity index (χ0v) is 29.7. The van der Waals surface area contributed by atoms with Crippen LogP contribution in [-0.2, 0) is 32.1 Å². The zero-order valence-electron chi connectivity index (χ0n) is 27.5. The van der Waals surface area contributed by atoms with Gasteiger partial charge in [-0.3, -0.25) is 24.8 Å². The maximum atomic E-state index is 12.1. The number of hydrogen-bond donors (Lipinski definition) is 4. The lowest BCUT2D eigenvalue weighted by molar-refractivity contribution is -0.240. The minimum atomic E-state index is -1.51. The summed E-state index contributed by atoms with van der Waals surface area (Å²) < 4.78 is -1.51. The largest absolute Gasteiger partial charge is 0.343 e. The molecule has 2 heterocycles. The molecule has 254 valence electrons. The number of fused-ring (bicyclic) bond motifs is 1. The van der Waals surface area contributed by atoms with E-state index < -0.39 is 9.83 Å². The number of amides is 2. The fourth-order valence-electron chi connectivity index (χ4n) is 4.42. The SMILES string of the molecule is CCc1ccc2cnc(CCC(C)(C)C=O)cc2c1.CNC(C(=O)NC(C)C(=O)N1CCCCN1)C(C)C.OOCC(Cl)(Cl)Cl. The summed E-state index contributed by atoms with van der Waals surface area (Å²) in [7, 11) is 1.75. The van der Waals surface area contributed by atoms with Crippen molar-refractivity contribution in [2.75, 3.05) is 26.7 Å². The Morgan fingerprint density at radius 2 is 1.84 bits per heavy atom. The summed E-state index contributed by atoms with van der Waals surface area (Å²) in [6, 6.07) is 7.87. The minimum absolute atomic E-state index is 0.0772. The zero-order chi connectivity index (χ0) is 34.2. The van der Waals surface area contributed by atoms with E-state index in [4.69, 9.17) is 40.1 Å². The molecular weight excluding hydrogens is 641 g/mol. The number of carbonyl (C=O) groups excluding carboxylic acids is 3. The predicted molar refractivity (Wildman–Crippen MR) is 182 cm³/mol. The van der Waals surface area contributed by atoms with Crippen LogP contribution in [0.1, 0.15) is 72.1 Å². The molecule has 0 saturated carbocycles. The topological polar surface area (TPSA) is 133 Å². The first-order valence-corrected chi connectivity index (χ1v) is 16.4. The van der Waals surface area contributed by atoms with E-state index in [-0.39, 0.29) is 35.8 Å². The maximum absolute atomic E-state index is 12.1. The van der Waals surface area contributed by atoms with Crippen molar-refractivity contribution in [3.05, 3.63) is 41.7 Å². The first-order chi connectivity index (χ1) is 21.1. The first-order valence-electron chi connectivity index (χ1n) is 15.3. The molecule has 4 N–H and O–H groups in total. The second kappa shape index (κ2) is 20.2. The third kappa shape index (κ3) is 15.9. The molecule has 1 fully saturated rings. The van der Waals surface area contributed by atoms with Gasteiger partial charge in [-0.25, -0.2) is 10.3 Å². The van der Waals surface area contributed by atoms with Crippen LogP contribution in [-0.4, -0.2) is 76.0 Å². The van der Waals surface area contributed by atoms with Crippen molar-refractivity contribution < 1.29 is 24.5 Å². The summed E-state index contributed by atoms with van der Waals surface area (Å²) in [5, 5.41) is 17.4. The van der Waals surface area contributed by atoms with Gasteiger partial charge in [-0.2, -0.15) is 0 Å². The number of carbonyl (C=O) groups is 3. The summed E-state index contributed by atoms with van der Waals surface area (Å²) in [4.78, 5) is 43.1. The molecule has 0 bridgehead atoms. The normalized spacial score (nSPS) is 14.9. The Kier molecular flexibility index (Phi) is 18.4. The molecule has 1 saturated heterocycles. The maximum Gasteiger partial charge on any atom is 0.258 e. The molecule has 13 heteroatoms. The first kappa shape index (κ1) is 41.0. The van der Waals surface area contributed by atoms with Gasteiger partial charge in [0.15, 0.2) is 0 Å². The summed E-state index contributed by atoms with van der Waals surface area (Å²) in [5.41, 5.74) is 5.20. The molecule has 0 radical (unpaired) electrons. The van der Waals surface area contributed by atoms with Gasteiger partial charge in [0.2, 0.25) is 9.70 Å². The summed E-state index contributed by atoms with van der Waals surface area (Å²) in [6.45, 7) is 13.0. The van der Waals surface area contributed by atoms with Crippen molar-refractivity contribution in [1.29, 1.82) is 0 Å². The Hall–Kier alpha value is -2.05. The summed E-state index contributed by atoms with van der Waals surface area (Å²) in [6.07, 6.45) is 7.78. The van der Waals surface area contributed by atoms with Gasteiger partial charge < -0.3 is 15.4 Å². The molecule has 0 spiro atoms. The summed E-state index contributed by atoms with van der Waals surface area (Å²) >= 11 is 15.2. The standard InChI is InChI=1S/C17H21NO.C13H26N4O2.C2H3Cl3O2/c1-4-13-5-6-14-11-18-16(10-15(14)9-13)7-8-17(2,3)12-19;1-9(2)11(14-4)12(18)16-10(3)13(19)17-8-6-5-7-15-17;3-2(4,5)1-7-6/h5-6,9-12H,4,7-8H2,1-3H3;9-11,14-15H,5-8H2,1-4H3,(H,16,18);6H,1H2. The van der Waals surface area contributed by atoms with E-state index in [0.29, 0.717) is 6.54 Å². The molecule has 45 heavy (non-hydrogen) atoms. The second-order valence-corrected chi connectivity index (χ2v) is 14.6.